The van der Waals surface area contributed by atoms with E-state index in [0.717, 1.165) is 41.5 Å². The molecule has 2 aromatic rings. The minimum Gasteiger partial charge on any atom is -0.480 e. The average Bonchev–Trinajstić information content (AvgIpc) is 3.16. The average molecular weight is 461 g/mol. The van der Waals surface area contributed by atoms with Crippen LogP contribution in [0, 0.1) is 12.8 Å². The summed E-state index contributed by atoms with van der Waals surface area (Å²) in [6, 6.07) is 0.0690. The van der Waals surface area contributed by atoms with Gasteiger partial charge in [0.15, 0.2) is 5.82 Å². The summed E-state index contributed by atoms with van der Waals surface area (Å²) in [4.78, 5) is 38.2. The zero-order valence-corrected chi connectivity index (χ0v) is 19.9. The first-order valence-electron chi connectivity index (χ1n) is 11.4. The molecule has 32 heavy (non-hydrogen) atoms. The van der Waals surface area contributed by atoms with E-state index in [-0.39, 0.29) is 24.5 Å². The highest BCUT2D eigenvalue weighted by atomic mass is 32.1. The molecule has 1 aliphatic carbocycles. The highest BCUT2D eigenvalue weighted by molar-refractivity contribution is 7.20. The van der Waals surface area contributed by atoms with Gasteiger partial charge in [-0.15, -0.1) is 11.3 Å². The van der Waals surface area contributed by atoms with Crippen molar-refractivity contribution >= 4 is 33.4 Å². The number of aryl methyl sites for hydroxylation is 1. The molecule has 0 radical (unpaired) electrons. The monoisotopic (exact) mass is 460 g/mol. The fraction of sp³-hybridized carbons (Fsp3) is 0.652. The number of ether oxygens (including phenoxy) is 2. The van der Waals surface area contributed by atoms with Crippen molar-refractivity contribution in [2.75, 3.05) is 27.3 Å². The van der Waals surface area contributed by atoms with Crippen molar-refractivity contribution in [3.8, 4) is 5.88 Å². The molecule has 1 saturated carbocycles. The zero-order valence-electron chi connectivity index (χ0n) is 19.1. The lowest BCUT2D eigenvalue weighted by atomic mass is 9.87. The van der Waals surface area contributed by atoms with Gasteiger partial charge in [-0.1, -0.05) is 19.3 Å². The van der Waals surface area contributed by atoms with Gasteiger partial charge in [0.2, 0.25) is 11.8 Å². The van der Waals surface area contributed by atoms with Gasteiger partial charge < -0.3 is 19.7 Å². The molecule has 0 aromatic carbocycles. The molecule has 4 rings (SSSR count). The number of aromatic nitrogens is 2. The van der Waals surface area contributed by atoms with Gasteiger partial charge in [0.05, 0.1) is 17.4 Å². The Kier molecular flexibility index (Phi) is 7.25. The molecule has 0 atom stereocenters. The van der Waals surface area contributed by atoms with Crippen LogP contribution in [-0.4, -0.2) is 60.0 Å². The summed E-state index contributed by atoms with van der Waals surface area (Å²) in [7, 11) is 3.16. The van der Waals surface area contributed by atoms with Crippen LogP contribution in [0.25, 0.3) is 10.2 Å². The number of carbonyl (C=O) groups is 2. The predicted molar refractivity (Wildman–Crippen MR) is 123 cm³/mol. The summed E-state index contributed by atoms with van der Waals surface area (Å²) < 4.78 is 10.6. The summed E-state index contributed by atoms with van der Waals surface area (Å²) in [5, 5.41) is 3.95. The minimum atomic E-state index is -0.0992. The van der Waals surface area contributed by atoms with Crippen molar-refractivity contribution < 1.29 is 19.1 Å². The zero-order chi connectivity index (χ0) is 22.7. The Morgan fingerprint density at radius 1 is 1.09 bits per heavy atom. The summed E-state index contributed by atoms with van der Waals surface area (Å²) in [5.74, 6) is 1.41. The summed E-state index contributed by atoms with van der Waals surface area (Å²) in [5.41, 5.74) is 0.827. The third-order valence-corrected chi connectivity index (χ3v) is 7.76. The van der Waals surface area contributed by atoms with Crippen LogP contribution in [0.2, 0.25) is 0 Å². The number of thiophene rings is 1. The van der Waals surface area contributed by atoms with Crippen molar-refractivity contribution in [2.45, 2.75) is 64.5 Å². The van der Waals surface area contributed by atoms with E-state index >= 15 is 0 Å². The first-order valence-corrected chi connectivity index (χ1v) is 12.3. The Morgan fingerprint density at radius 2 is 1.81 bits per heavy atom. The molecule has 174 valence electrons. The number of hydrogen-bond donors (Lipinski definition) is 1. The number of likely N-dealkylation sites (tertiary alicyclic amines) is 1. The molecule has 2 aromatic heterocycles. The number of rotatable bonds is 6. The first-order chi connectivity index (χ1) is 15.5. The number of nitrogens with zero attached hydrogens (tertiary/aromatic N) is 3. The topological polar surface area (TPSA) is 93.7 Å². The molecule has 0 bridgehead atoms. The van der Waals surface area contributed by atoms with Gasteiger partial charge in [0.25, 0.3) is 5.91 Å². The minimum absolute atomic E-state index is 0.0690. The molecule has 0 spiro atoms. The number of carbonyl (C=O) groups excluding carboxylic acids is 2. The third kappa shape index (κ3) is 4.73. The van der Waals surface area contributed by atoms with Gasteiger partial charge in [-0.05, 0) is 38.2 Å². The fourth-order valence-electron chi connectivity index (χ4n) is 4.81. The summed E-state index contributed by atoms with van der Waals surface area (Å²) in [6.45, 7) is 3.61. The molecular weight excluding hydrogens is 428 g/mol. The highest BCUT2D eigenvalue weighted by Gasteiger charge is 2.30. The maximum atomic E-state index is 13.1. The van der Waals surface area contributed by atoms with E-state index < -0.39 is 0 Å². The second-order valence-electron chi connectivity index (χ2n) is 8.73. The molecule has 8 nitrogen and oxygen atoms in total. The van der Waals surface area contributed by atoms with Crippen molar-refractivity contribution in [1.82, 2.24) is 20.2 Å². The normalized spacial score (nSPS) is 18.2. The number of amides is 2. The van der Waals surface area contributed by atoms with Crippen molar-refractivity contribution in [2.24, 2.45) is 5.92 Å². The number of fused-ring (bicyclic) bond motifs is 1. The lowest BCUT2D eigenvalue weighted by molar-refractivity contribution is -0.137. The van der Waals surface area contributed by atoms with Gasteiger partial charge in [0, 0.05) is 32.2 Å². The van der Waals surface area contributed by atoms with Gasteiger partial charge in [-0.3, -0.25) is 9.59 Å². The summed E-state index contributed by atoms with van der Waals surface area (Å²) in [6.07, 6.45) is 7.21. The smallest absolute Gasteiger partial charge is 0.261 e. The molecule has 1 aliphatic heterocycles. The Morgan fingerprint density at radius 3 is 2.47 bits per heavy atom. The largest absolute Gasteiger partial charge is 0.480 e. The molecule has 9 heteroatoms. The Labute approximate surface area is 192 Å². The Hall–Kier alpha value is -2.26. The van der Waals surface area contributed by atoms with Crippen molar-refractivity contribution in [1.29, 1.82) is 0 Å². The first kappa shape index (κ1) is 22.9. The molecule has 1 saturated heterocycles. The van der Waals surface area contributed by atoms with E-state index in [1.54, 1.807) is 14.2 Å². The maximum Gasteiger partial charge on any atom is 0.261 e. The maximum absolute atomic E-state index is 13.1. The second-order valence-corrected chi connectivity index (χ2v) is 9.73. The standard InChI is InChI=1S/C23H32N4O4S/c1-14-18-21(31-3)25-17(13-30-2)26-22(18)32-19(14)20(28)24-16-9-11-27(12-10-16)23(29)15-7-5-4-6-8-15/h15-16H,4-13H2,1-3H3,(H,24,28). The molecule has 0 unspecified atom stereocenters. The van der Waals surface area contributed by atoms with E-state index in [2.05, 4.69) is 15.3 Å². The molecular formula is C23H32N4O4S. The fourth-order valence-corrected chi connectivity index (χ4v) is 5.90. The lowest BCUT2D eigenvalue weighted by Crippen LogP contribution is -2.48. The summed E-state index contributed by atoms with van der Waals surface area (Å²) >= 11 is 1.35. The van der Waals surface area contributed by atoms with Crippen LogP contribution >= 0.6 is 11.3 Å². The molecule has 3 heterocycles. The lowest BCUT2D eigenvalue weighted by Gasteiger charge is -2.35. The SMILES string of the molecule is COCc1nc(OC)c2c(C)c(C(=O)NC3CCN(C(=O)C4CCCCC4)CC3)sc2n1. The van der Waals surface area contributed by atoms with Gasteiger partial charge in [-0.25, -0.2) is 4.98 Å². The van der Waals surface area contributed by atoms with Gasteiger partial charge in [0.1, 0.15) is 11.4 Å². The second kappa shape index (κ2) is 10.1. The Bertz CT molecular complexity index is 978. The van der Waals surface area contributed by atoms with Crippen LogP contribution in [0.5, 0.6) is 5.88 Å². The number of hydrogen-bond acceptors (Lipinski definition) is 7. The molecule has 2 aliphatic rings. The predicted octanol–water partition coefficient (Wildman–Crippen LogP) is 3.46. The van der Waals surface area contributed by atoms with E-state index in [1.165, 1.54) is 30.6 Å². The Balaban J connectivity index is 1.41. The van der Waals surface area contributed by atoms with Crippen molar-refractivity contribution in [3.63, 3.8) is 0 Å². The van der Waals surface area contributed by atoms with E-state index in [1.807, 2.05) is 11.8 Å². The number of nitrogens with one attached hydrogen (secondary N) is 1. The number of methoxy groups -OCH3 is 2. The van der Waals surface area contributed by atoms with Crippen molar-refractivity contribution in [3.05, 3.63) is 16.3 Å². The van der Waals surface area contributed by atoms with Gasteiger partial charge >= 0.3 is 0 Å². The van der Waals surface area contributed by atoms with Gasteiger partial charge in [-0.2, -0.15) is 4.98 Å². The quantitative estimate of drug-likeness (QED) is 0.710. The molecule has 2 amide bonds. The van der Waals surface area contributed by atoms with Crippen LogP contribution < -0.4 is 10.1 Å². The highest BCUT2D eigenvalue weighted by Crippen LogP contribution is 2.35. The molecule has 2 fully saturated rings. The van der Waals surface area contributed by atoms with E-state index in [0.29, 0.717) is 35.6 Å². The third-order valence-electron chi connectivity index (χ3n) is 6.57. The van der Waals surface area contributed by atoms with Crippen LogP contribution in [0.4, 0.5) is 0 Å². The van der Waals surface area contributed by atoms with Crippen LogP contribution in [-0.2, 0) is 16.1 Å². The molecule has 1 N–H and O–H groups in total. The van der Waals surface area contributed by atoms with Crippen LogP contribution in [0.1, 0.15) is 66.0 Å². The van der Waals surface area contributed by atoms with E-state index in [4.69, 9.17) is 9.47 Å². The van der Waals surface area contributed by atoms with Crippen LogP contribution in [0.3, 0.4) is 0 Å². The number of piperidine rings is 1. The van der Waals surface area contributed by atoms with E-state index in [9.17, 15) is 9.59 Å². The van der Waals surface area contributed by atoms with Crippen LogP contribution in [0.15, 0.2) is 0 Å².